The highest BCUT2D eigenvalue weighted by atomic mass is 35.5. The first-order valence-corrected chi connectivity index (χ1v) is 8.41. The lowest BCUT2D eigenvalue weighted by Crippen LogP contribution is -2.37. The highest BCUT2D eigenvalue weighted by Crippen LogP contribution is 2.31. The molecule has 124 valence electrons. The molecule has 0 aliphatic heterocycles. The summed E-state index contributed by atoms with van der Waals surface area (Å²) in [4.78, 5) is 15.5. The van der Waals surface area contributed by atoms with Gasteiger partial charge in [-0.3, -0.25) is 4.79 Å². The van der Waals surface area contributed by atoms with E-state index < -0.39 is 0 Å². The maximum absolute atomic E-state index is 12.2. The Morgan fingerprint density at radius 1 is 1.17 bits per heavy atom. The second-order valence-electron chi connectivity index (χ2n) is 6.72. The molecule has 1 heterocycles. The van der Waals surface area contributed by atoms with Gasteiger partial charge in [0.25, 0.3) is 0 Å². The summed E-state index contributed by atoms with van der Waals surface area (Å²) < 4.78 is 0. The van der Waals surface area contributed by atoms with Crippen LogP contribution in [0.5, 0.6) is 0 Å². The molecule has 3 rings (SSSR count). The maximum Gasteiger partial charge on any atom is 0.224 e. The number of carbonyl (C=O) groups is 1. The SMILES string of the molecule is CC(C)(CNC(=O)Cc1ccccc1)c1c[nH]c2cc(Cl)ccc12. The summed E-state index contributed by atoms with van der Waals surface area (Å²) in [6, 6.07) is 15.6. The molecule has 1 aromatic heterocycles. The van der Waals surface area contributed by atoms with Gasteiger partial charge in [-0.2, -0.15) is 0 Å². The Balaban J connectivity index is 1.70. The standard InChI is InChI=1S/C20H21ClN2O/c1-20(2,13-23-19(24)10-14-6-4-3-5-7-14)17-12-22-18-11-15(21)8-9-16(17)18/h3-9,11-12,22H,10,13H2,1-2H3,(H,23,24). The third-order valence-corrected chi connectivity index (χ3v) is 4.54. The van der Waals surface area contributed by atoms with Crippen molar-refractivity contribution >= 4 is 28.4 Å². The fourth-order valence-electron chi connectivity index (χ4n) is 2.92. The van der Waals surface area contributed by atoms with Crippen molar-refractivity contribution in [2.24, 2.45) is 0 Å². The quantitative estimate of drug-likeness (QED) is 0.707. The van der Waals surface area contributed by atoms with E-state index in [1.165, 1.54) is 5.56 Å². The van der Waals surface area contributed by atoms with Crippen LogP contribution < -0.4 is 5.32 Å². The van der Waals surface area contributed by atoms with Crippen LogP contribution in [-0.4, -0.2) is 17.4 Å². The molecule has 0 radical (unpaired) electrons. The number of rotatable bonds is 5. The summed E-state index contributed by atoms with van der Waals surface area (Å²) in [5, 5.41) is 4.91. The molecule has 0 saturated carbocycles. The number of carbonyl (C=O) groups excluding carboxylic acids is 1. The molecule has 1 amide bonds. The molecule has 0 bridgehead atoms. The highest BCUT2D eigenvalue weighted by molar-refractivity contribution is 6.31. The molecule has 2 N–H and O–H groups in total. The monoisotopic (exact) mass is 340 g/mol. The van der Waals surface area contributed by atoms with Crippen molar-refractivity contribution in [3.05, 3.63) is 70.9 Å². The van der Waals surface area contributed by atoms with Crippen LogP contribution in [0, 0.1) is 0 Å². The van der Waals surface area contributed by atoms with Gasteiger partial charge >= 0.3 is 0 Å². The predicted octanol–water partition coefficient (Wildman–Crippen LogP) is 4.46. The van der Waals surface area contributed by atoms with Gasteiger partial charge in [0, 0.05) is 34.1 Å². The normalized spacial score (nSPS) is 11.6. The van der Waals surface area contributed by atoms with Crippen molar-refractivity contribution in [2.75, 3.05) is 6.54 Å². The van der Waals surface area contributed by atoms with Crippen LogP contribution in [-0.2, 0) is 16.6 Å². The van der Waals surface area contributed by atoms with Crippen LogP contribution in [0.4, 0.5) is 0 Å². The number of hydrogen-bond donors (Lipinski definition) is 2. The Bertz CT molecular complexity index is 852. The van der Waals surface area contributed by atoms with Crippen molar-refractivity contribution in [3.8, 4) is 0 Å². The zero-order valence-electron chi connectivity index (χ0n) is 13.9. The summed E-state index contributed by atoms with van der Waals surface area (Å²) >= 11 is 6.04. The minimum atomic E-state index is -0.182. The van der Waals surface area contributed by atoms with Crippen molar-refractivity contribution in [1.82, 2.24) is 10.3 Å². The number of amides is 1. The number of benzene rings is 2. The molecule has 0 aliphatic rings. The van der Waals surface area contributed by atoms with Gasteiger partial charge in [0.1, 0.15) is 0 Å². The fraction of sp³-hybridized carbons (Fsp3) is 0.250. The summed E-state index contributed by atoms with van der Waals surface area (Å²) in [7, 11) is 0. The molecule has 0 fully saturated rings. The van der Waals surface area contributed by atoms with E-state index in [2.05, 4.69) is 24.1 Å². The van der Waals surface area contributed by atoms with Crippen LogP contribution >= 0.6 is 11.6 Å². The number of aromatic amines is 1. The lowest BCUT2D eigenvalue weighted by atomic mass is 9.84. The van der Waals surface area contributed by atoms with E-state index in [4.69, 9.17) is 11.6 Å². The minimum Gasteiger partial charge on any atom is -0.361 e. The Hall–Kier alpha value is -2.26. The number of nitrogens with one attached hydrogen (secondary N) is 2. The van der Waals surface area contributed by atoms with Crippen molar-refractivity contribution < 1.29 is 4.79 Å². The van der Waals surface area contributed by atoms with Gasteiger partial charge in [0.15, 0.2) is 0 Å². The van der Waals surface area contributed by atoms with E-state index in [-0.39, 0.29) is 11.3 Å². The van der Waals surface area contributed by atoms with Gasteiger partial charge in [-0.25, -0.2) is 0 Å². The summed E-state index contributed by atoms with van der Waals surface area (Å²) in [6.45, 7) is 4.84. The van der Waals surface area contributed by atoms with Gasteiger partial charge < -0.3 is 10.3 Å². The molecule has 0 atom stereocenters. The van der Waals surface area contributed by atoms with Crippen molar-refractivity contribution in [2.45, 2.75) is 25.7 Å². The summed E-state index contributed by atoms with van der Waals surface area (Å²) in [5.41, 5.74) is 3.03. The Morgan fingerprint density at radius 3 is 2.67 bits per heavy atom. The van der Waals surface area contributed by atoms with Gasteiger partial charge in [0.05, 0.1) is 6.42 Å². The molecular weight excluding hydrogens is 320 g/mol. The molecule has 0 aliphatic carbocycles. The predicted molar refractivity (Wildman–Crippen MR) is 99.5 cm³/mol. The topological polar surface area (TPSA) is 44.9 Å². The zero-order valence-corrected chi connectivity index (χ0v) is 14.7. The van der Waals surface area contributed by atoms with Crippen molar-refractivity contribution in [3.63, 3.8) is 0 Å². The number of halogens is 1. The van der Waals surface area contributed by atoms with Gasteiger partial charge in [-0.15, -0.1) is 0 Å². The Kier molecular flexibility index (Phi) is 4.63. The van der Waals surface area contributed by atoms with Crippen LogP contribution in [0.25, 0.3) is 10.9 Å². The van der Waals surface area contributed by atoms with Crippen LogP contribution in [0.15, 0.2) is 54.7 Å². The summed E-state index contributed by atoms with van der Waals surface area (Å²) in [5.74, 6) is 0.0390. The summed E-state index contributed by atoms with van der Waals surface area (Å²) in [6.07, 6.45) is 2.41. The lowest BCUT2D eigenvalue weighted by Gasteiger charge is -2.25. The number of hydrogen-bond acceptors (Lipinski definition) is 1. The average molecular weight is 341 g/mol. The van der Waals surface area contributed by atoms with Gasteiger partial charge in [-0.1, -0.05) is 61.8 Å². The third kappa shape index (κ3) is 3.62. The molecule has 2 aromatic carbocycles. The largest absolute Gasteiger partial charge is 0.361 e. The van der Waals surface area contributed by atoms with E-state index in [0.29, 0.717) is 18.0 Å². The molecule has 0 unspecified atom stereocenters. The first kappa shape index (κ1) is 16.6. The molecular formula is C20H21ClN2O. The number of H-pyrrole nitrogens is 1. The lowest BCUT2D eigenvalue weighted by molar-refractivity contribution is -0.120. The van der Waals surface area contributed by atoms with E-state index in [9.17, 15) is 4.79 Å². The molecule has 0 saturated heterocycles. The molecule has 3 aromatic rings. The third-order valence-electron chi connectivity index (χ3n) is 4.31. The second kappa shape index (κ2) is 6.70. The van der Waals surface area contributed by atoms with E-state index >= 15 is 0 Å². The van der Waals surface area contributed by atoms with E-state index in [1.54, 1.807) is 0 Å². The number of fused-ring (bicyclic) bond motifs is 1. The second-order valence-corrected chi connectivity index (χ2v) is 7.15. The minimum absolute atomic E-state index is 0.0390. The average Bonchev–Trinajstić information content (AvgIpc) is 2.98. The molecule has 4 heteroatoms. The van der Waals surface area contributed by atoms with Gasteiger partial charge in [-0.05, 0) is 23.3 Å². The van der Waals surface area contributed by atoms with E-state index in [1.807, 2.05) is 54.7 Å². The fourth-order valence-corrected chi connectivity index (χ4v) is 3.09. The highest BCUT2D eigenvalue weighted by Gasteiger charge is 2.24. The van der Waals surface area contributed by atoms with Crippen LogP contribution in [0.1, 0.15) is 25.0 Å². The van der Waals surface area contributed by atoms with E-state index in [0.717, 1.165) is 16.5 Å². The number of aromatic nitrogens is 1. The van der Waals surface area contributed by atoms with Crippen molar-refractivity contribution in [1.29, 1.82) is 0 Å². The molecule has 3 nitrogen and oxygen atoms in total. The Morgan fingerprint density at radius 2 is 1.92 bits per heavy atom. The maximum atomic E-state index is 12.2. The first-order chi connectivity index (χ1) is 11.5. The first-order valence-electron chi connectivity index (χ1n) is 8.03. The van der Waals surface area contributed by atoms with Crippen LogP contribution in [0.2, 0.25) is 5.02 Å². The van der Waals surface area contributed by atoms with Gasteiger partial charge in [0.2, 0.25) is 5.91 Å². The zero-order chi connectivity index (χ0) is 17.2. The molecule has 24 heavy (non-hydrogen) atoms. The van der Waals surface area contributed by atoms with Crippen LogP contribution in [0.3, 0.4) is 0 Å². The Labute approximate surface area is 147 Å². The molecule has 0 spiro atoms. The smallest absolute Gasteiger partial charge is 0.224 e.